The Bertz CT molecular complexity index is 727. The number of phenols is 1. The van der Waals surface area contributed by atoms with Crippen LogP contribution in [0.4, 0.5) is 5.69 Å². The Morgan fingerprint density at radius 2 is 1.57 bits per heavy atom. The fraction of sp³-hybridized carbons (Fsp3) is 0.286. The first-order chi connectivity index (χ1) is 9.55. The number of benzene rings is 2. The number of hydrogen-bond acceptors (Lipinski definition) is 5. The van der Waals surface area contributed by atoms with Gasteiger partial charge in [0.05, 0.1) is 0 Å². The van der Waals surface area contributed by atoms with E-state index in [1.54, 1.807) is 36.8 Å². The molecule has 0 saturated heterocycles. The molecule has 2 rings (SSSR count). The van der Waals surface area contributed by atoms with Crippen LogP contribution < -0.4 is 59.1 Å². The molecule has 23 heavy (non-hydrogen) atoms. The topological polar surface area (TPSA) is 95.8 Å². The van der Waals surface area contributed by atoms with Gasteiger partial charge in [-0.25, -0.2) is 0 Å². The molecule has 5 nitrogen and oxygen atoms in total. The molecule has 9 heteroatoms. The van der Waals surface area contributed by atoms with E-state index >= 15 is 0 Å². The minimum absolute atomic E-state index is 0. The summed E-state index contributed by atoms with van der Waals surface area (Å²) in [5.74, 6) is -0.353. The molecular weight excluding hydrogens is 356 g/mol. The van der Waals surface area contributed by atoms with Crippen molar-refractivity contribution in [3.05, 3.63) is 29.2 Å². The predicted molar refractivity (Wildman–Crippen MR) is 88.0 cm³/mol. The first-order valence-electron chi connectivity index (χ1n) is 6.07. The molecule has 2 aromatic carbocycles. The van der Waals surface area contributed by atoms with Gasteiger partial charge in [0.25, 0.3) is 0 Å². The van der Waals surface area contributed by atoms with E-state index in [2.05, 4.69) is 5.18 Å². The van der Waals surface area contributed by atoms with Crippen LogP contribution in [0.1, 0.15) is 0 Å². The molecule has 0 fully saturated rings. The van der Waals surface area contributed by atoms with Gasteiger partial charge < -0.3 is 24.5 Å². The molecule has 0 aliphatic heterocycles. The van der Waals surface area contributed by atoms with Crippen LogP contribution in [0.2, 0.25) is 0 Å². The summed E-state index contributed by atoms with van der Waals surface area (Å²) >= 11 is 0. The third-order valence-corrected chi connectivity index (χ3v) is 5.97. The first kappa shape index (κ1) is 23.7. The van der Waals surface area contributed by atoms with Crippen molar-refractivity contribution in [1.82, 2.24) is 0 Å². The van der Waals surface area contributed by atoms with Gasteiger partial charge in [-0.15, -0.1) is 4.91 Å². The normalized spacial score (nSPS) is 13.0. The van der Waals surface area contributed by atoms with Crippen LogP contribution in [0.15, 0.2) is 39.2 Å². The van der Waals surface area contributed by atoms with Crippen LogP contribution in [-0.2, 0) is 0 Å². The molecule has 1 N–H and O–H groups in total. The van der Waals surface area contributed by atoms with Crippen molar-refractivity contribution in [3.8, 4) is 5.75 Å². The van der Waals surface area contributed by atoms with Crippen molar-refractivity contribution in [2.75, 3.05) is 25.0 Å². The Morgan fingerprint density at radius 3 is 2.00 bits per heavy atom. The number of aromatic hydroxyl groups is 1. The fourth-order valence-electron chi connectivity index (χ4n) is 2.10. The van der Waals surface area contributed by atoms with Crippen molar-refractivity contribution in [2.45, 2.75) is 9.79 Å². The smallest absolute Gasteiger partial charge is 0.809 e. The van der Waals surface area contributed by atoms with Crippen molar-refractivity contribution in [1.29, 1.82) is 0 Å². The van der Waals surface area contributed by atoms with Gasteiger partial charge in [-0.1, -0.05) is 12.1 Å². The van der Waals surface area contributed by atoms with Gasteiger partial charge >= 0.3 is 59.1 Å². The molecule has 0 atom stereocenters. The van der Waals surface area contributed by atoms with E-state index in [4.69, 9.17) is 0 Å². The van der Waals surface area contributed by atoms with Crippen molar-refractivity contribution in [3.63, 3.8) is 0 Å². The summed E-state index contributed by atoms with van der Waals surface area (Å²) < 4.78 is 24.4. The summed E-state index contributed by atoms with van der Waals surface area (Å²) in [4.78, 5) is 11.9. The van der Waals surface area contributed by atoms with E-state index in [9.17, 15) is 19.1 Å². The van der Waals surface area contributed by atoms with Crippen LogP contribution in [0.3, 0.4) is 0 Å². The van der Waals surface area contributed by atoms with Gasteiger partial charge in [-0.05, 0) is 52.6 Å². The minimum Gasteiger partial charge on any atom is -0.809 e. The average Bonchev–Trinajstić information content (AvgIpc) is 2.35. The SMILES string of the molecule is CS(C)([O-])c1ccc2c(N=O)c(O)c(S(C)(C)[O-])cc2c1.[Na+].[Na+]. The summed E-state index contributed by atoms with van der Waals surface area (Å²) in [7, 11) is -4.64. The van der Waals surface area contributed by atoms with Crippen LogP contribution in [0.25, 0.3) is 10.8 Å². The number of rotatable bonds is 3. The second kappa shape index (κ2) is 8.40. The summed E-state index contributed by atoms with van der Waals surface area (Å²) in [5, 5.41) is 14.0. The molecule has 0 saturated carbocycles. The number of phenolic OH excluding ortho intramolecular Hbond substituents is 1. The van der Waals surface area contributed by atoms with Crippen LogP contribution in [-0.4, -0.2) is 39.2 Å². The molecule has 0 aliphatic carbocycles. The summed E-state index contributed by atoms with van der Waals surface area (Å²) in [6.45, 7) is 0. The number of nitroso groups, excluding NO2 is 1. The predicted octanol–water partition coefficient (Wildman–Crippen LogP) is -1.94. The molecule has 0 unspecified atom stereocenters. The van der Waals surface area contributed by atoms with Gasteiger partial charge in [0, 0.05) is 10.3 Å². The summed E-state index contributed by atoms with van der Waals surface area (Å²) in [6, 6.07) is 6.50. The second-order valence-corrected chi connectivity index (χ2v) is 11.4. The Morgan fingerprint density at radius 1 is 1.00 bits per heavy atom. The van der Waals surface area contributed by atoms with Crippen molar-refractivity contribution >= 4 is 37.1 Å². The standard InChI is InChI=1S/C14H19NO4S2.2Na/c1-20(2,18)10-5-6-11-9(7-10)8-12(21(3,4)19)14(16)13(11)15-17;;/h5-8,16,18-19H,1-4H3;;/q;2*+1/p-2. The minimum atomic E-state index is -2.48. The van der Waals surface area contributed by atoms with Gasteiger partial charge in [0.1, 0.15) is 0 Å². The van der Waals surface area contributed by atoms with Gasteiger partial charge in [-0.2, -0.15) is 0 Å². The zero-order valence-electron chi connectivity index (χ0n) is 14.2. The monoisotopic (exact) mass is 373 g/mol. The first-order valence-corrected chi connectivity index (χ1v) is 10.8. The van der Waals surface area contributed by atoms with E-state index in [0.29, 0.717) is 15.7 Å². The van der Waals surface area contributed by atoms with E-state index in [-0.39, 0.29) is 75.4 Å². The van der Waals surface area contributed by atoms with E-state index < -0.39 is 20.6 Å². The summed E-state index contributed by atoms with van der Waals surface area (Å²) in [6.07, 6.45) is 6.21. The molecule has 0 heterocycles. The van der Waals surface area contributed by atoms with Crippen LogP contribution in [0.5, 0.6) is 5.75 Å². The Labute approximate surface area is 183 Å². The number of fused-ring (bicyclic) bond motifs is 1. The van der Waals surface area contributed by atoms with Crippen LogP contribution >= 0.6 is 20.6 Å². The van der Waals surface area contributed by atoms with Crippen LogP contribution in [0, 0.1) is 4.91 Å². The molecule has 0 amide bonds. The Balaban J connectivity index is 0.00000242. The van der Waals surface area contributed by atoms with Gasteiger partial charge in [-0.3, -0.25) is 10.3 Å². The molecular formula is C14H17NNa2O4S2. The average molecular weight is 373 g/mol. The van der Waals surface area contributed by atoms with E-state index in [0.717, 1.165) is 0 Å². The Hall–Kier alpha value is 0.720. The zero-order chi connectivity index (χ0) is 16.0. The maximum absolute atomic E-state index is 12.2. The van der Waals surface area contributed by atoms with E-state index in [1.165, 1.54) is 12.5 Å². The number of hydrogen-bond donors (Lipinski definition) is 1. The zero-order valence-corrected chi connectivity index (χ0v) is 19.9. The maximum atomic E-state index is 12.2. The molecule has 0 spiro atoms. The second-order valence-electron chi connectivity index (χ2n) is 5.51. The third kappa shape index (κ3) is 5.10. The molecule has 2 aromatic rings. The van der Waals surface area contributed by atoms with E-state index in [1.807, 2.05) is 0 Å². The molecule has 0 bridgehead atoms. The Kier molecular flexibility index (Phi) is 8.66. The molecule has 116 valence electrons. The number of nitrogens with zero attached hydrogens (tertiary/aromatic N) is 1. The van der Waals surface area contributed by atoms with Crippen molar-refractivity contribution in [2.24, 2.45) is 5.18 Å². The molecule has 0 aromatic heterocycles. The fourth-order valence-corrected chi connectivity index (χ4v) is 3.88. The third-order valence-electron chi connectivity index (χ3n) is 3.21. The molecule has 0 radical (unpaired) electrons. The largest absolute Gasteiger partial charge is 1.00 e. The van der Waals surface area contributed by atoms with Gasteiger partial charge in [0.15, 0.2) is 11.4 Å². The van der Waals surface area contributed by atoms with Crippen molar-refractivity contribution < 1.29 is 73.3 Å². The van der Waals surface area contributed by atoms with Gasteiger partial charge in [0.2, 0.25) is 0 Å². The summed E-state index contributed by atoms with van der Waals surface area (Å²) in [5.41, 5.74) is -0.135. The quantitative estimate of drug-likeness (QED) is 0.500. The maximum Gasteiger partial charge on any atom is 1.00 e. The molecule has 0 aliphatic rings.